The van der Waals surface area contributed by atoms with Crippen LogP contribution in [0.15, 0.2) is 77.9 Å². The second-order valence-electron chi connectivity index (χ2n) is 7.16. The van der Waals surface area contributed by atoms with Gasteiger partial charge in [0.1, 0.15) is 5.69 Å². The molecule has 0 saturated carbocycles. The molecule has 1 amide bonds. The molecule has 1 aromatic carbocycles. The van der Waals surface area contributed by atoms with Crippen molar-refractivity contribution in [1.82, 2.24) is 25.0 Å². The molecule has 1 atom stereocenters. The number of amides is 1. The van der Waals surface area contributed by atoms with E-state index in [1.807, 2.05) is 56.6 Å². The molecular weight excluding hydrogens is 394 g/mol. The van der Waals surface area contributed by atoms with Crippen LogP contribution in [0.25, 0.3) is 16.9 Å². The first-order chi connectivity index (χ1) is 14.6. The number of benzene rings is 1. The lowest BCUT2D eigenvalue weighted by molar-refractivity contribution is 0.0942. The Balaban J connectivity index is 1.63. The van der Waals surface area contributed by atoms with Crippen molar-refractivity contribution in [3.63, 3.8) is 0 Å². The number of thiophene rings is 1. The highest BCUT2D eigenvalue weighted by molar-refractivity contribution is 7.08. The number of hydrogen-bond donors (Lipinski definition) is 1. The topological polar surface area (TPSA) is 63.1 Å². The summed E-state index contributed by atoms with van der Waals surface area (Å²) in [5.41, 5.74) is 4.03. The fraction of sp³-hybridized carbons (Fsp3) is 0.174. The molecule has 0 saturated heterocycles. The van der Waals surface area contributed by atoms with Gasteiger partial charge in [0.25, 0.3) is 5.91 Å². The summed E-state index contributed by atoms with van der Waals surface area (Å²) < 4.78 is 1.74. The highest BCUT2D eigenvalue weighted by Crippen LogP contribution is 2.24. The molecule has 30 heavy (non-hydrogen) atoms. The molecule has 0 spiro atoms. The summed E-state index contributed by atoms with van der Waals surface area (Å²) in [4.78, 5) is 19.5. The standard InChI is InChI=1S/C23H23N5OS/c1-27(2)21(18-10-12-30-16-18)14-25-23(29)20-15-28(19-8-4-3-5-9-19)26-22(20)17-7-6-11-24-13-17/h3-13,15-16,21H,14H2,1-2H3,(H,25,29). The van der Waals surface area contributed by atoms with Gasteiger partial charge < -0.3 is 10.2 Å². The number of carbonyl (C=O) groups excluding carboxylic acids is 1. The van der Waals surface area contributed by atoms with Gasteiger partial charge in [0.15, 0.2) is 0 Å². The predicted molar refractivity (Wildman–Crippen MR) is 120 cm³/mol. The third-order valence-corrected chi connectivity index (χ3v) is 5.62. The Bertz CT molecular complexity index is 1090. The number of pyridine rings is 1. The Labute approximate surface area is 179 Å². The first-order valence-electron chi connectivity index (χ1n) is 9.65. The Morgan fingerprint density at radius 2 is 2.00 bits per heavy atom. The van der Waals surface area contributed by atoms with Gasteiger partial charge in [0.2, 0.25) is 0 Å². The van der Waals surface area contributed by atoms with Crippen LogP contribution in [0, 0.1) is 0 Å². The van der Waals surface area contributed by atoms with Crippen molar-refractivity contribution in [2.24, 2.45) is 0 Å². The number of aromatic nitrogens is 3. The quantitative estimate of drug-likeness (QED) is 0.493. The van der Waals surface area contributed by atoms with Crippen LogP contribution in [0.5, 0.6) is 0 Å². The first-order valence-corrected chi connectivity index (χ1v) is 10.6. The van der Waals surface area contributed by atoms with Crippen LogP contribution in [-0.2, 0) is 0 Å². The van der Waals surface area contributed by atoms with Crippen LogP contribution >= 0.6 is 11.3 Å². The van der Waals surface area contributed by atoms with Gasteiger partial charge in [0, 0.05) is 30.7 Å². The van der Waals surface area contributed by atoms with Crippen molar-refractivity contribution < 1.29 is 4.79 Å². The van der Waals surface area contributed by atoms with Crippen LogP contribution < -0.4 is 5.32 Å². The maximum atomic E-state index is 13.2. The third-order valence-electron chi connectivity index (χ3n) is 4.92. The number of para-hydroxylation sites is 1. The minimum atomic E-state index is -0.155. The molecule has 7 heteroatoms. The number of likely N-dealkylation sites (N-methyl/N-ethyl adjacent to an activating group) is 1. The SMILES string of the molecule is CN(C)C(CNC(=O)c1cn(-c2ccccc2)nc1-c1cccnc1)c1ccsc1. The van der Waals surface area contributed by atoms with Crippen molar-refractivity contribution in [3.05, 3.63) is 89.0 Å². The highest BCUT2D eigenvalue weighted by atomic mass is 32.1. The Kier molecular flexibility index (Phi) is 6.02. The van der Waals surface area contributed by atoms with E-state index < -0.39 is 0 Å². The van der Waals surface area contributed by atoms with E-state index in [0.717, 1.165) is 11.3 Å². The summed E-state index contributed by atoms with van der Waals surface area (Å²) in [5.74, 6) is -0.155. The van der Waals surface area contributed by atoms with E-state index in [0.29, 0.717) is 17.8 Å². The van der Waals surface area contributed by atoms with Gasteiger partial charge in [-0.3, -0.25) is 9.78 Å². The van der Waals surface area contributed by atoms with Crippen LogP contribution in [0.4, 0.5) is 0 Å². The number of hydrogen-bond acceptors (Lipinski definition) is 5. The number of nitrogens with zero attached hydrogens (tertiary/aromatic N) is 4. The second kappa shape index (κ2) is 9.02. The Morgan fingerprint density at radius 3 is 2.67 bits per heavy atom. The monoisotopic (exact) mass is 417 g/mol. The summed E-state index contributed by atoms with van der Waals surface area (Å²) in [6.45, 7) is 0.506. The molecular formula is C23H23N5OS. The van der Waals surface area contributed by atoms with Gasteiger partial charge in [-0.2, -0.15) is 16.4 Å². The zero-order valence-electron chi connectivity index (χ0n) is 16.9. The van der Waals surface area contributed by atoms with E-state index in [4.69, 9.17) is 5.10 Å². The van der Waals surface area contributed by atoms with Gasteiger partial charge >= 0.3 is 0 Å². The molecule has 0 bridgehead atoms. The number of carbonyl (C=O) groups is 1. The van der Waals surface area contributed by atoms with Crippen molar-refractivity contribution in [3.8, 4) is 16.9 Å². The molecule has 6 nitrogen and oxygen atoms in total. The molecule has 152 valence electrons. The third kappa shape index (κ3) is 4.32. The van der Waals surface area contributed by atoms with Gasteiger partial charge in [-0.15, -0.1) is 0 Å². The van der Waals surface area contributed by atoms with E-state index >= 15 is 0 Å². The first kappa shape index (κ1) is 20.0. The minimum Gasteiger partial charge on any atom is -0.350 e. The second-order valence-corrected chi connectivity index (χ2v) is 7.94. The molecule has 1 unspecified atom stereocenters. The van der Waals surface area contributed by atoms with Crippen LogP contribution in [0.2, 0.25) is 0 Å². The normalized spacial score (nSPS) is 12.1. The molecule has 0 aliphatic carbocycles. The maximum Gasteiger partial charge on any atom is 0.255 e. The summed E-state index contributed by atoms with van der Waals surface area (Å²) in [6.07, 6.45) is 5.21. The Hall–Kier alpha value is -3.29. The minimum absolute atomic E-state index is 0.103. The van der Waals surface area contributed by atoms with E-state index in [-0.39, 0.29) is 11.9 Å². The molecule has 4 rings (SSSR count). The lowest BCUT2D eigenvalue weighted by Crippen LogP contribution is -2.34. The smallest absolute Gasteiger partial charge is 0.255 e. The van der Waals surface area contributed by atoms with Gasteiger partial charge in [-0.25, -0.2) is 4.68 Å². The van der Waals surface area contributed by atoms with E-state index in [9.17, 15) is 4.79 Å². The summed E-state index contributed by atoms with van der Waals surface area (Å²) >= 11 is 1.66. The summed E-state index contributed by atoms with van der Waals surface area (Å²) in [7, 11) is 4.03. The molecule has 3 heterocycles. The van der Waals surface area contributed by atoms with Crippen LogP contribution in [-0.4, -0.2) is 46.2 Å². The largest absolute Gasteiger partial charge is 0.350 e. The molecule has 0 radical (unpaired) electrons. The van der Waals surface area contributed by atoms with E-state index in [1.54, 1.807) is 34.6 Å². The van der Waals surface area contributed by atoms with E-state index in [2.05, 4.69) is 32.0 Å². The Morgan fingerprint density at radius 1 is 1.17 bits per heavy atom. The zero-order chi connectivity index (χ0) is 20.9. The maximum absolute atomic E-state index is 13.2. The number of nitrogens with one attached hydrogen (secondary N) is 1. The molecule has 4 aromatic rings. The average molecular weight is 418 g/mol. The van der Waals surface area contributed by atoms with Crippen molar-refractivity contribution in [2.45, 2.75) is 6.04 Å². The van der Waals surface area contributed by atoms with Gasteiger partial charge in [-0.1, -0.05) is 18.2 Å². The molecule has 0 aliphatic rings. The molecule has 3 aromatic heterocycles. The van der Waals surface area contributed by atoms with Crippen molar-refractivity contribution in [2.75, 3.05) is 20.6 Å². The molecule has 0 aliphatic heterocycles. The fourth-order valence-corrected chi connectivity index (χ4v) is 4.02. The lowest BCUT2D eigenvalue weighted by Gasteiger charge is -2.24. The van der Waals surface area contributed by atoms with E-state index in [1.165, 1.54) is 5.56 Å². The average Bonchev–Trinajstić information content (AvgIpc) is 3.45. The van der Waals surface area contributed by atoms with Crippen molar-refractivity contribution in [1.29, 1.82) is 0 Å². The predicted octanol–water partition coefficient (Wildman–Crippen LogP) is 4.03. The summed E-state index contributed by atoms with van der Waals surface area (Å²) in [6, 6.07) is 15.7. The summed E-state index contributed by atoms with van der Waals surface area (Å²) in [5, 5.41) is 12.0. The zero-order valence-corrected chi connectivity index (χ0v) is 17.7. The molecule has 0 fully saturated rings. The number of rotatable bonds is 7. The van der Waals surface area contributed by atoms with Crippen LogP contribution in [0.3, 0.4) is 0 Å². The van der Waals surface area contributed by atoms with Gasteiger partial charge in [0.05, 0.1) is 17.3 Å². The van der Waals surface area contributed by atoms with Crippen LogP contribution in [0.1, 0.15) is 22.0 Å². The fourth-order valence-electron chi connectivity index (χ4n) is 3.32. The van der Waals surface area contributed by atoms with Gasteiger partial charge in [-0.05, 0) is 60.8 Å². The lowest BCUT2D eigenvalue weighted by atomic mass is 10.1. The highest BCUT2D eigenvalue weighted by Gasteiger charge is 2.21. The van der Waals surface area contributed by atoms with Crippen molar-refractivity contribution >= 4 is 17.2 Å². The molecule has 1 N–H and O–H groups in total.